The van der Waals surface area contributed by atoms with Crippen LogP contribution < -0.4 is 14.8 Å². The minimum absolute atomic E-state index is 0.0719. The molecule has 0 heterocycles. The van der Waals surface area contributed by atoms with Gasteiger partial charge in [0, 0.05) is 0 Å². The number of rotatable bonds is 7. The molecule has 1 aromatic carbocycles. The second-order valence-corrected chi connectivity index (χ2v) is 4.23. The number of carbonyl (C=O) groups is 1. The molecule has 0 bridgehead atoms. The molecule has 0 spiro atoms. The third-order valence-corrected chi connectivity index (χ3v) is 2.80. The van der Waals surface area contributed by atoms with Gasteiger partial charge in [-0.3, -0.25) is 4.79 Å². The molecule has 19 heavy (non-hydrogen) atoms. The van der Waals surface area contributed by atoms with Crippen LogP contribution in [0.25, 0.3) is 0 Å². The maximum absolute atomic E-state index is 11.8. The van der Waals surface area contributed by atoms with E-state index in [0.717, 1.165) is 5.75 Å². The summed E-state index contributed by atoms with van der Waals surface area (Å²) in [5.41, 5.74) is 0. The highest BCUT2D eigenvalue weighted by molar-refractivity contribution is 5.81. The number of benzene rings is 1. The molecule has 0 radical (unpaired) electrons. The summed E-state index contributed by atoms with van der Waals surface area (Å²) in [7, 11) is 1.59. The summed E-state index contributed by atoms with van der Waals surface area (Å²) in [6.07, 6.45) is 0.0614. The van der Waals surface area contributed by atoms with E-state index in [0.29, 0.717) is 12.2 Å². The van der Waals surface area contributed by atoms with Crippen molar-refractivity contribution in [3.8, 4) is 11.5 Å². The Morgan fingerprint density at radius 2 is 1.89 bits per heavy atom. The zero-order chi connectivity index (χ0) is 14.3. The summed E-state index contributed by atoms with van der Waals surface area (Å²) < 4.78 is 10.6. The Hall–Kier alpha value is -1.75. The first-order chi connectivity index (χ1) is 9.10. The standard InChI is InChI=1S/C14H21NO4/c1-4-11(9-16)15-14(17)10(2)19-13-7-5-12(18-3)6-8-13/h5-8,10-11,16H,4,9H2,1-3H3,(H,15,17). The number of hydrogen-bond donors (Lipinski definition) is 2. The molecule has 2 atom stereocenters. The van der Waals surface area contributed by atoms with Gasteiger partial charge < -0.3 is 19.9 Å². The van der Waals surface area contributed by atoms with Crippen LogP contribution in [0.15, 0.2) is 24.3 Å². The van der Waals surface area contributed by atoms with Crippen LogP contribution in [0.5, 0.6) is 11.5 Å². The predicted molar refractivity (Wildman–Crippen MR) is 72.4 cm³/mol. The molecule has 5 nitrogen and oxygen atoms in total. The quantitative estimate of drug-likeness (QED) is 0.782. The summed E-state index contributed by atoms with van der Waals surface area (Å²) in [6.45, 7) is 3.50. The molecule has 0 aromatic heterocycles. The van der Waals surface area contributed by atoms with Crippen LogP contribution in [0, 0.1) is 0 Å². The number of aliphatic hydroxyl groups is 1. The van der Waals surface area contributed by atoms with Crippen molar-refractivity contribution in [2.75, 3.05) is 13.7 Å². The van der Waals surface area contributed by atoms with E-state index >= 15 is 0 Å². The molecule has 0 saturated heterocycles. The summed E-state index contributed by atoms with van der Waals surface area (Å²) in [5, 5.41) is 11.8. The molecule has 2 N–H and O–H groups in total. The SMILES string of the molecule is CCC(CO)NC(=O)C(C)Oc1ccc(OC)cc1. The highest BCUT2D eigenvalue weighted by Gasteiger charge is 2.17. The highest BCUT2D eigenvalue weighted by atomic mass is 16.5. The van der Waals surface area contributed by atoms with Gasteiger partial charge in [-0.05, 0) is 37.6 Å². The lowest BCUT2D eigenvalue weighted by Crippen LogP contribution is -2.43. The molecule has 0 fully saturated rings. The minimum atomic E-state index is -0.617. The van der Waals surface area contributed by atoms with Gasteiger partial charge in [0.2, 0.25) is 0 Å². The fourth-order valence-electron chi connectivity index (χ4n) is 1.51. The maximum Gasteiger partial charge on any atom is 0.261 e. The summed E-state index contributed by atoms with van der Waals surface area (Å²) in [5.74, 6) is 1.09. The lowest BCUT2D eigenvalue weighted by Gasteiger charge is -2.19. The first-order valence-corrected chi connectivity index (χ1v) is 6.32. The van der Waals surface area contributed by atoms with Crippen molar-refractivity contribution in [2.45, 2.75) is 32.4 Å². The van der Waals surface area contributed by atoms with E-state index < -0.39 is 6.10 Å². The Balaban J connectivity index is 2.53. The molecule has 1 aromatic rings. The van der Waals surface area contributed by atoms with Gasteiger partial charge in [-0.25, -0.2) is 0 Å². The van der Waals surface area contributed by atoms with Crippen molar-refractivity contribution < 1.29 is 19.4 Å². The highest BCUT2D eigenvalue weighted by Crippen LogP contribution is 2.18. The smallest absolute Gasteiger partial charge is 0.261 e. The summed E-state index contributed by atoms with van der Waals surface area (Å²) >= 11 is 0. The molecule has 0 aliphatic carbocycles. The van der Waals surface area contributed by atoms with E-state index in [9.17, 15) is 4.79 Å². The first kappa shape index (κ1) is 15.3. The van der Waals surface area contributed by atoms with Gasteiger partial charge in [0.1, 0.15) is 11.5 Å². The minimum Gasteiger partial charge on any atom is -0.497 e. The summed E-state index contributed by atoms with van der Waals surface area (Å²) in [6, 6.07) is 6.79. The van der Waals surface area contributed by atoms with E-state index in [4.69, 9.17) is 14.6 Å². The third kappa shape index (κ3) is 4.79. The number of methoxy groups -OCH3 is 1. The number of amides is 1. The number of ether oxygens (including phenoxy) is 2. The van der Waals surface area contributed by atoms with E-state index in [2.05, 4.69) is 5.32 Å². The third-order valence-electron chi connectivity index (χ3n) is 2.80. The number of aliphatic hydroxyl groups excluding tert-OH is 1. The van der Waals surface area contributed by atoms with E-state index in [1.54, 1.807) is 38.3 Å². The Labute approximate surface area is 113 Å². The van der Waals surface area contributed by atoms with Crippen molar-refractivity contribution in [1.82, 2.24) is 5.32 Å². The zero-order valence-electron chi connectivity index (χ0n) is 11.6. The molecular weight excluding hydrogens is 246 g/mol. The van der Waals surface area contributed by atoms with Crippen LogP contribution in [0.2, 0.25) is 0 Å². The van der Waals surface area contributed by atoms with Gasteiger partial charge in [-0.15, -0.1) is 0 Å². The van der Waals surface area contributed by atoms with Crippen LogP contribution in [0.1, 0.15) is 20.3 Å². The molecule has 0 saturated carbocycles. The van der Waals surface area contributed by atoms with Crippen molar-refractivity contribution in [3.63, 3.8) is 0 Å². The second kappa shape index (κ2) is 7.63. The monoisotopic (exact) mass is 267 g/mol. The lowest BCUT2D eigenvalue weighted by atomic mass is 10.2. The van der Waals surface area contributed by atoms with E-state index in [1.807, 2.05) is 6.92 Å². The second-order valence-electron chi connectivity index (χ2n) is 4.23. The van der Waals surface area contributed by atoms with Crippen LogP contribution in [0.3, 0.4) is 0 Å². The van der Waals surface area contributed by atoms with Crippen LogP contribution in [-0.2, 0) is 4.79 Å². The lowest BCUT2D eigenvalue weighted by molar-refractivity contribution is -0.128. The van der Waals surface area contributed by atoms with Gasteiger partial charge in [0.05, 0.1) is 19.8 Å². The topological polar surface area (TPSA) is 67.8 Å². The summed E-state index contributed by atoms with van der Waals surface area (Å²) in [4.78, 5) is 11.8. The van der Waals surface area contributed by atoms with Crippen LogP contribution >= 0.6 is 0 Å². The van der Waals surface area contributed by atoms with Gasteiger partial charge in [0.25, 0.3) is 5.91 Å². The molecular formula is C14H21NO4. The first-order valence-electron chi connectivity index (χ1n) is 6.32. The Kier molecular flexibility index (Phi) is 6.15. The van der Waals surface area contributed by atoms with Crippen molar-refractivity contribution in [2.24, 2.45) is 0 Å². The average molecular weight is 267 g/mol. The number of carbonyl (C=O) groups excluding carboxylic acids is 1. The largest absolute Gasteiger partial charge is 0.497 e. The normalized spacial score (nSPS) is 13.5. The fraction of sp³-hybridized carbons (Fsp3) is 0.500. The van der Waals surface area contributed by atoms with Gasteiger partial charge in [-0.2, -0.15) is 0 Å². The zero-order valence-corrected chi connectivity index (χ0v) is 11.6. The fourth-order valence-corrected chi connectivity index (χ4v) is 1.51. The van der Waals surface area contributed by atoms with Crippen LogP contribution in [-0.4, -0.2) is 36.9 Å². The predicted octanol–water partition coefficient (Wildman–Crippen LogP) is 1.35. The molecule has 2 unspecified atom stereocenters. The Morgan fingerprint density at radius 1 is 1.32 bits per heavy atom. The maximum atomic E-state index is 11.8. The van der Waals surface area contributed by atoms with Crippen LogP contribution in [0.4, 0.5) is 0 Å². The van der Waals surface area contributed by atoms with Gasteiger partial charge in [0.15, 0.2) is 6.10 Å². The van der Waals surface area contributed by atoms with Crippen molar-refractivity contribution in [3.05, 3.63) is 24.3 Å². The molecule has 1 rings (SSSR count). The number of nitrogens with one attached hydrogen (secondary N) is 1. The van der Waals surface area contributed by atoms with Gasteiger partial charge in [-0.1, -0.05) is 6.92 Å². The molecule has 0 aliphatic rings. The molecule has 0 aliphatic heterocycles. The number of hydrogen-bond acceptors (Lipinski definition) is 4. The van der Waals surface area contributed by atoms with Crippen molar-refractivity contribution >= 4 is 5.91 Å². The van der Waals surface area contributed by atoms with Crippen molar-refractivity contribution in [1.29, 1.82) is 0 Å². The average Bonchev–Trinajstić information content (AvgIpc) is 2.45. The molecule has 106 valence electrons. The van der Waals surface area contributed by atoms with E-state index in [1.165, 1.54) is 0 Å². The Bertz CT molecular complexity index is 387. The molecule has 5 heteroatoms. The van der Waals surface area contributed by atoms with Gasteiger partial charge >= 0.3 is 0 Å². The van der Waals surface area contributed by atoms with E-state index in [-0.39, 0.29) is 18.6 Å². The Morgan fingerprint density at radius 3 is 2.37 bits per heavy atom. The molecule has 1 amide bonds.